The van der Waals surface area contributed by atoms with Crippen molar-refractivity contribution in [2.75, 3.05) is 0 Å². The van der Waals surface area contributed by atoms with Gasteiger partial charge in [0.15, 0.2) is 0 Å². The molecule has 0 atom stereocenters. The number of hydrogen-bond donors (Lipinski definition) is 2. The minimum absolute atomic E-state index is 0.292. The van der Waals surface area contributed by atoms with E-state index in [0.717, 1.165) is 34.1 Å². The molecular formula is C23H19ClN2O. The van der Waals surface area contributed by atoms with Gasteiger partial charge in [0, 0.05) is 35.3 Å². The number of hydrogen-bond acceptors (Lipinski definition) is 3. The topological polar surface area (TPSA) is 45.2 Å². The molecule has 4 rings (SSSR count). The lowest BCUT2D eigenvalue weighted by Gasteiger charge is -2.11. The normalized spacial score (nSPS) is 11.0. The first-order chi connectivity index (χ1) is 13.2. The number of rotatable bonds is 5. The average molecular weight is 375 g/mol. The van der Waals surface area contributed by atoms with Gasteiger partial charge in [0.25, 0.3) is 0 Å². The molecule has 0 saturated heterocycles. The molecule has 0 radical (unpaired) electrons. The zero-order valence-electron chi connectivity index (χ0n) is 14.7. The van der Waals surface area contributed by atoms with Crippen molar-refractivity contribution in [3.63, 3.8) is 0 Å². The molecule has 0 unspecified atom stereocenters. The van der Waals surface area contributed by atoms with Gasteiger partial charge in [-0.2, -0.15) is 0 Å². The number of nitrogens with one attached hydrogen (secondary N) is 1. The highest BCUT2D eigenvalue weighted by molar-refractivity contribution is 6.31. The van der Waals surface area contributed by atoms with Crippen LogP contribution in [0.3, 0.4) is 0 Å². The Kier molecular flexibility index (Phi) is 5.05. The maximum Gasteiger partial charge on any atom is 0.120 e. The summed E-state index contributed by atoms with van der Waals surface area (Å²) in [5, 5.41) is 15.4. The molecule has 134 valence electrons. The Balaban J connectivity index is 1.61. The summed E-state index contributed by atoms with van der Waals surface area (Å²) in [7, 11) is 0. The predicted molar refractivity (Wildman–Crippen MR) is 111 cm³/mol. The van der Waals surface area contributed by atoms with E-state index in [1.807, 2.05) is 54.6 Å². The molecular weight excluding hydrogens is 356 g/mol. The van der Waals surface area contributed by atoms with Gasteiger partial charge in [-0.15, -0.1) is 0 Å². The van der Waals surface area contributed by atoms with E-state index in [4.69, 9.17) is 11.6 Å². The SMILES string of the molecule is Oc1ccc(-c2ccnc3cc(Cl)ccc23)cc1CNCc1ccccc1. The molecule has 0 aliphatic carbocycles. The van der Waals surface area contributed by atoms with Crippen LogP contribution in [0.2, 0.25) is 5.02 Å². The van der Waals surface area contributed by atoms with Crippen LogP contribution in [-0.4, -0.2) is 10.1 Å². The molecule has 0 aliphatic rings. The van der Waals surface area contributed by atoms with Crippen molar-refractivity contribution < 1.29 is 5.11 Å². The van der Waals surface area contributed by atoms with Crippen molar-refractivity contribution in [2.24, 2.45) is 0 Å². The van der Waals surface area contributed by atoms with Gasteiger partial charge in [-0.3, -0.25) is 4.98 Å². The molecule has 0 amide bonds. The summed E-state index contributed by atoms with van der Waals surface area (Å²) in [4.78, 5) is 4.41. The van der Waals surface area contributed by atoms with Crippen molar-refractivity contribution in [1.82, 2.24) is 10.3 Å². The van der Waals surface area contributed by atoms with Gasteiger partial charge >= 0.3 is 0 Å². The maximum absolute atomic E-state index is 10.3. The molecule has 1 aromatic heterocycles. The molecule has 0 bridgehead atoms. The van der Waals surface area contributed by atoms with Crippen LogP contribution >= 0.6 is 11.6 Å². The zero-order valence-corrected chi connectivity index (χ0v) is 15.4. The molecule has 2 N–H and O–H groups in total. The molecule has 0 fully saturated rings. The van der Waals surface area contributed by atoms with Crippen LogP contribution in [-0.2, 0) is 13.1 Å². The number of benzene rings is 3. The first-order valence-corrected chi connectivity index (χ1v) is 9.20. The Morgan fingerprint density at radius 2 is 1.74 bits per heavy atom. The summed E-state index contributed by atoms with van der Waals surface area (Å²) in [5.41, 5.74) is 5.05. The molecule has 0 spiro atoms. The van der Waals surface area contributed by atoms with E-state index in [2.05, 4.69) is 22.4 Å². The first-order valence-electron chi connectivity index (χ1n) is 8.82. The maximum atomic E-state index is 10.3. The van der Waals surface area contributed by atoms with E-state index in [-0.39, 0.29) is 0 Å². The van der Waals surface area contributed by atoms with Crippen molar-refractivity contribution in [3.05, 3.63) is 95.1 Å². The van der Waals surface area contributed by atoms with E-state index < -0.39 is 0 Å². The van der Waals surface area contributed by atoms with Crippen molar-refractivity contribution >= 4 is 22.5 Å². The van der Waals surface area contributed by atoms with Crippen LogP contribution in [0.25, 0.3) is 22.0 Å². The number of pyridine rings is 1. The van der Waals surface area contributed by atoms with Crippen molar-refractivity contribution in [2.45, 2.75) is 13.1 Å². The summed E-state index contributed by atoms with van der Waals surface area (Å²) in [6.45, 7) is 1.34. The number of halogens is 1. The second kappa shape index (κ2) is 7.78. The smallest absolute Gasteiger partial charge is 0.120 e. The fourth-order valence-corrected chi connectivity index (χ4v) is 3.37. The molecule has 3 aromatic carbocycles. The minimum Gasteiger partial charge on any atom is -0.508 e. The quantitative estimate of drug-likeness (QED) is 0.481. The van der Waals surface area contributed by atoms with Crippen LogP contribution in [0.5, 0.6) is 5.75 Å². The number of phenolic OH excluding ortho intramolecular Hbond substituents is 1. The molecule has 3 nitrogen and oxygen atoms in total. The van der Waals surface area contributed by atoms with Crippen LogP contribution < -0.4 is 5.32 Å². The van der Waals surface area contributed by atoms with Crippen LogP contribution in [0, 0.1) is 0 Å². The van der Waals surface area contributed by atoms with Gasteiger partial charge in [-0.05, 0) is 47.0 Å². The van der Waals surface area contributed by atoms with Crippen LogP contribution in [0.1, 0.15) is 11.1 Å². The predicted octanol–water partition coefficient (Wildman–Crippen LogP) is 5.55. The second-order valence-corrected chi connectivity index (χ2v) is 6.89. The third-order valence-corrected chi connectivity index (χ3v) is 4.82. The Morgan fingerprint density at radius 1 is 0.889 bits per heavy atom. The van der Waals surface area contributed by atoms with Gasteiger partial charge in [-0.25, -0.2) is 0 Å². The molecule has 4 aromatic rings. The fraction of sp³-hybridized carbons (Fsp3) is 0.0870. The largest absolute Gasteiger partial charge is 0.508 e. The summed E-state index contributed by atoms with van der Waals surface area (Å²) in [6.07, 6.45) is 1.79. The lowest BCUT2D eigenvalue weighted by molar-refractivity contribution is 0.464. The number of nitrogens with zero attached hydrogens (tertiary/aromatic N) is 1. The summed E-state index contributed by atoms with van der Waals surface area (Å²) in [5.74, 6) is 0.292. The number of aromatic hydroxyl groups is 1. The van der Waals surface area contributed by atoms with E-state index >= 15 is 0 Å². The van der Waals surface area contributed by atoms with E-state index in [1.54, 1.807) is 12.3 Å². The van der Waals surface area contributed by atoms with Gasteiger partial charge in [0.05, 0.1) is 5.52 Å². The molecule has 4 heteroatoms. The number of fused-ring (bicyclic) bond motifs is 1. The molecule has 0 saturated carbocycles. The highest BCUT2D eigenvalue weighted by Crippen LogP contribution is 2.31. The van der Waals surface area contributed by atoms with Gasteiger partial charge in [-0.1, -0.05) is 54.1 Å². The zero-order chi connectivity index (χ0) is 18.6. The first kappa shape index (κ1) is 17.5. The molecule has 1 heterocycles. The fourth-order valence-electron chi connectivity index (χ4n) is 3.20. The monoisotopic (exact) mass is 374 g/mol. The highest BCUT2D eigenvalue weighted by Gasteiger charge is 2.09. The standard InChI is InChI=1S/C23H19ClN2O/c24-19-7-8-21-20(10-11-26-22(21)13-19)17-6-9-23(27)18(12-17)15-25-14-16-4-2-1-3-5-16/h1-13,25,27H,14-15H2. The van der Waals surface area contributed by atoms with Crippen LogP contribution in [0.15, 0.2) is 79.0 Å². The van der Waals surface area contributed by atoms with E-state index in [9.17, 15) is 5.11 Å². The lowest BCUT2D eigenvalue weighted by Crippen LogP contribution is -2.12. The summed E-state index contributed by atoms with van der Waals surface area (Å²) in [6, 6.07) is 23.6. The van der Waals surface area contributed by atoms with Gasteiger partial charge in [0.2, 0.25) is 0 Å². The minimum atomic E-state index is 0.292. The van der Waals surface area contributed by atoms with Gasteiger partial charge in [0.1, 0.15) is 5.75 Å². The third kappa shape index (κ3) is 3.95. The van der Waals surface area contributed by atoms with E-state index in [1.165, 1.54) is 5.56 Å². The number of aromatic nitrogens is 1. The summed E-state index contributed by atoms with van der Waals surface area (Å²) >= 11 is 6.09. The third-order valence-electron chi connectivity index (χ3n) is 4.58. The molecule has 27 heavy (non-hydrogen) atoms. The highest BCUT2D eigenvalue weighted by atomic mass is 35.5. The van der Waals surface area contributed by atoms with Crippen molar-refractivity contribution in [1.29, 1.82) is 0 Å². The Bertz CT molecular complexity index is 1080. The second-order valence-electron chi connectivity index (χ2n) is 6.45. The Hall–Kier alpha value is -2.88. The van der Waals surface area contributed by atoms with Gasteiger partial charge < -0.3 is 10.4 Å². The molecule has 0 aliphatic heterocycles. The number of phenols is 1. The average Bonchev–Trinajstić information content (AvgIpc) is 2.69. The summed E-state index contributed by atoms with van der Waals surface area (Å²) < 4.78 is 0. The van der Waals surface area contributed by atoms with Crippen LogP contribution in [0.4, 0.5) is 0 Å². The van der Waals surface area contributed by atoms with E-state index in [0.29, 0.717) is 17.3 Å². The Morgan fingerprint density at radius 3 is 2.59 bits per heavy atom. The Labute approximate surface area is 163 Å². The lowest BCUT2D eigenvalue weighted by atomic mass is 9.99. The van der Waals surface area contributed by atoms with Crippen molar-refractivity contribution in [3.8, 4) is 16.9 Å².